The third kappa shape index (κ3) is 3.27. The van der Waals surface area contributed by atoms with Gasteiger partial charge in [0.15, 0.2) is 5.16 Å². The highest BCUT2D eigenvalue weighted by molar-refractivity contribution is 7.98. The molecule has 0 aromatic carbocycles. The Bertz CT molecular complexity index is 771. The number of pyridine rings is 1. The van der Waals surface area contributed by atoms with Crippen molar-refractivity contribution in [1.82, 2.24) is 15.0 Å². The van der Waals surface area contributed by atoms with Crippen LogP contribution in [0.4, 0.5) is 0 Å². The lowest BCUT2D eigenvalue weighted by Gasteiger charge is -2.15. The molecule has 0 saturated carbocycles. The van der Waals surface area contributed by atoms with Gasteiger partial charge in [0.2, 0.25) is 0 Å². The van der Waals surface area contributed by atoms with Crippen LogP contribution in [0.2, 0.25) is 0 Å². The van der Waals surface area contributed by atoms with E-state index in [1.807, 2.05) is 6.07 Å². The lowest BCUT2D eigenvalue weighted by atomic mass is 10.0. The number of nitrogens with zero attached hydrogens (tertiary/aromatic N) is 2. The molecule has 1 aliphatic carbocycles. The first kappa shape index (κ1) is 16.1. The van der Waals surface area contributed by atoms with Gasteiger partial charge in [-0.2, -0.15) is 0 Å². The van der Waals surface area contributed by atoms with E-state index in [1.54, 1.807) is 13.3 Å². The summed E-state index contributed by atoms with van der Waals surface area (Å²) in [5.74, 6) is 1.82. The minimum Gasteiger partial charge on any atom is -0.496 e. The van der Waals surface area contributed by atoms with Crippen LogP contribution in [0.15, 0.2) is 22.2 Å². The van der Waals surface area contributed by atoms with Gasteiger partial charge in [-0.05, 0) is 31.2 Å². The number of H-pyrrole nitrogens is 1. The Morgan fingerprint density at radius 3 is 2.96 bits per heavy atom. The summed E-state index contributed by atoms with van der Waals surface area (Å²) in [5.41, 5.74) is 3.92. The summed E-state index contributed by atoms with van der Waals surface area (Å²) in [7, 11) is 1.67. The normalized spacial score (nSPS) is 13.4. The summed E-state index contributed by atoms with van der Waals surface area (Å²) < 4.78 is 5.48. The summed E-state index contributed by atoms with van der Waals surface area (Å²) in [6.07, 6.45) is 4.54. The molecule has 3 rings (SSSR count). The highest BCUT2D eigenvalue weighted by Gasteiger charge is 2.18. The van der Waals surface area contributed by atoms with Gasteiger partial charge in [0.1, 0.15) is 5.75 Å². The molecule has 0 aliphatic heterocycles. The second kappa shape index (κ2) is 6.74. The lowest BCUT2D eigenvalue weighted by molar-refractivity contribution is 0.409. The Balaban J connectivity index is 1.87. The molecule has 1 aliphatic rings. The molecule has 0 atom stereocenters. The molecular formula is C17H21N3O2S. The van der Waals surface area contributed by atoms with Crippen molar-refractivity contribution >= 4 is 11.8 Å². The minimum atomic E-state index is 0.0113. The maximum Gasteiger partial charge on any atom is 0.254 e. The molecule has 5 nitrogen and oxygen atoms in total. The van der Waals surface area contributed by atoms with Gasteiger partial charge in [0, 0.05) is 23.1 Å². The molecule has 1 N–H and O–H groups in total. The van der Waals surface area contributed by atoms with Gasteiger partial charge in [-0.15, -0.1) is 0 Å². The van der Waals surface area contributed by atoms with E-state index >= 15 is 0 Å². The van der Waals surface area contributed by atoms with Gasteiger partial charge < -0.3 is 9.72 Å². The molecule has 6 heteroatoms. The second-order valence-corrected chi connectivity index (χ2v) is 6.93. The smallest absolute Gasteiger partial charge is 0.254 e. The average molecular weight is 331 g/mol. The van der Waals surface area contributed by atoms with Crippen molar-refractivity contribution in [2.45, 2.75) is 49.9 Å². The minimum absolute atomic E-state index is 0.0113. The van der Waals surface area contributed by atoms with Crippen molar-refractivity contribution in [3.63, 3.8) is 0 Å². The van der Waals surface area contributed by atoms with Gasteiger partial charge in [-0.3, -0.25) is 9.78 Å². The molecule has 0 radical (unpaired) electrons. The van der Waals surface area contributed by atoms with E-state index in [-0.39, 0.29) is 5.56 Å². The van der Waals surface area contributed by atoms with E-state index in [0.717, 1.165) is 47.5 Å². The van der Waals surface area contributed by atoms with Crippen molar-refractivity contribution in [3.8, 4) is 5.75 Å². The molecule has 122 valence electrons. The number of rotatable bonds is 5. The van der Waals surface area contributed by atoms with Crippen LogP contribution in [0.1, 0.15) is 48.7 Å². The average Bonchev–Trinajstić information content (AvgIpc) is 3.01. The first-order chi connectivity index (χ1) is 11.1. The summed E-state index contributed by atoms with van der Waals surface area (Å²) in [6, 6.07) is 1.88. The number of thioether (sulfide) groups is 1. The zero-order valence-electron chi connectivity index (χ0n) is 13.7. The van der Waals surface area contributed by atoms with Gasteiger partial charge in [0.25, 0.3) is 5.56 Å². The van der Waals surface area contributed by atoms with Crippen molar-refractivity contribution in [1.29, 1.82) is 0 Å². The number of aryl methyl sites for hydroxylation is 1. The molecule has 0 amide bonds. The molecule has 0 saturated heterocycles. The number of nitrogens with one attached hydrogen (secondary N) is 1. The molecule has 2 aromatic heterocycles. The number of hydrogen-bond acceptors (Lipinski definition) is 5. The Kier molecular flexibility index (Phi) is 4.71. The first-order valence-electron chi connectivity index (χ1n) is 7.86. The Labute approximate surface area is 139 Å². The molecule has 2 heterocycles. The van der Waals surface area contributed by atoms with Gasteiger partial charge in [0.05, 0.1) is 18.5 Å². The van der Waals surface area contributed by atoms with E-state index in [0.29, 0.717) is 16.8 Å². The summed E-state index contributed by atoms with van der Waals surface area (Å²) in [6.45, 7) is 4.23. The topological polar surface area (TPSA) is 67.9 Å². The largest absolute Gasteiger partial charge is 0.496 e. The summed E-state index contributed by atoms with van der Waals surface area (Å²) in [5, 5.41) is 0.677. The van der Waals surface area contributed by atoms with Crippen molar-refractivity contribution in [2.24, 2.45) is 0 Å². The molecule has 0 spiro atoms. The van der Waals surface area contributed by atoms with Crippen molar-refractivity contribution in [3.05, 3.63) is 45.1 Å². The van der Waals surface area contributed by atoms with E-state index in [9.17, 15) is 4.79 Å². The Hall–Kier alpha value is -1.82. The van der Waals surface area contributed by atoms with E-state index < -0.39 is 0 Å². The highest BCUT2D eigenvalue weighted by Crippen LogP contribution is 2.31. The molecule has 0 unspecified atom stereocenters. The standard InChI is InChI=1S/C17H21N3O2S/c1-10(2)15-12(14(22-3)7-8-18-15)9-23-17-19-13-6-4-5-11(13)16(21)20-17/h7-8,10H,4-6,9H2,1-3H3,(H,19,20,21). The SMILES string of the molecule is COc1ccnc(C(C)C)c1CSc1nc2c(c(=O)[nH]1)CCC2. The fourth-order valence-electron chi connectivity index (χ4n) is 2.95. The predicted molar refractivity (Wildman–Crippen MR) is 91.3 cm³/mol. The van der Waals surface area contributed by atoms with E-state index in [1.165, 1.54) is 11.8 Å². The summed E-state index contributed by atoms with van der Waals surface area (Å²) in [4.78, 5) is 24.1. The number of hydrogen-bond donors (Lipinski definition) is 1. The zero-order chi connectivity index (χ0) is 16.4. The number of aromatic amines is 1. The Morgan fingerprint density at radius 1 is 1.39 bits per heavy atom. The predicted octanol–water partition coefficient (Wildman–Crippen LogP) is 3.08. The van der Waals surface area contributed by atoms with Crippen LogP contribution in [-0.2, 0) is 18.6 Å². The maximum absolute atomic E-state index is 12.1. The molecular weight excluding hydrogens is 310 g/mol. The van der Waals surface area contributed by atoms with E-state index in [2.05, 4.69) is 28.8 Å². The summed E-state index contributed by atoms with van der Waals surface area (Å²) >= 11 is 1.53. The van der Waals surface area contributed by atoms with Crippen molar-refractivity contribution in [2.75, 3.05) is 7.11 Å². The number of ether oxygens (including phenoxy) is 1. The lowest BCUT2D eigenvalue weighted by Crippen LogP contribution is -2.15. The molecule has 0 fully saturated rings. The molecule has 2 aromatic rings. The van der Waals surface area contributed by atoms with Crippen LogP contribution in [0.3, 0.4) is 0 Å². The number of aromatic nitrogens is 3. The third-order valence-electron chi connectivity index (χ3n) is 4.09. The fourth-order valence-corrected chi connectivity index (χ4v) is 3.86. The highest BCUT2D eigenvalue weighted by atomic mass is 32.2. The molecule has 0 bridgehead atoms. The third-order valence-corrected chi connectivity index (χ3v) is 4.99. The number of fused-ring (bicyclic) bond motifs is 1. The Morgan fingerprint density at radius 2 is 2.22 bits per heavy atom. The van der Waals surface area contributed by atoms with E-state index in [4.69, 9.17) is 4.74 Å². The first-order valence-corrected chi connectivity index (χ1v) is 8.85. The van der Waals surface area contributed by atoms with Crippen LogP contribution < -0.4 is 10.3 Å². The van der Waals surface area contributed by atoms with Crippen LogP contribution in [-0.4, -0.2) is 22.1 Å². The van der Waals surface area contributed by atoms with Gasteiger partial charge in [-0.25, -0.2) is 4.98 Å². The second-order valence-electron chi connectivity index (χ2n) is 5.97. The fraction of sp³-hybridized carbons (Fsp3) is 0.471. The van der Waals surface area contributed by atoms with Crippen LogP contribution in [0.5, 0.6) is 5.75 Å². The quantitative estimate of drug-likeness (QED) is 0.673. The van der Waals surface area contributed by atoms with Crippen LogP contribution in [0, 0.1) is 0 Å². The van der Waals surface area contributed by atoms with Crippen LogP contribution >= 0.6 is 11.8 Å². The van der Waals surface area contributed by atoms with Gasteiger partial charge >= 0.3 is 0 Å². The zero-order valence-corrected chi connectivity index (χ0v) is 14.5. The molecule has 23 heavy (non-hydrogen) atoms. The van der Waals surface area contributed by atoms with Crippen LogP contribution in [0.25, 0.3) is 0 Å². The maximum atomic E-state index is 12.1. The number of methoxy groups -OCH3 is 1. The van der Waals surface area contributed by atoms with Gasteiger partial charge in [-0.1, -0.05) is 25.6 Å². The van der Waals surface area contributed by atoms with Crippen molar-refractivity contribution < 1.29 is 4.74 Å². The monoisotopic (exact) mass is 331 g/mol.